The van der Waals surface area contributed by atoms with Gasteiger partial charge in [-0.05, 0) is 42.3 Å². The number of hydrogen-bond acceptors (Lipinski definition) is 2. The number of fused-ring (bicyclic) bond motifs is 1. The van der Waals surface area contributed by atoms with Crippen molar-refractivity contribution in [3.63, 3.8) is 0 Å². The SMILES string of the molecule is CC(=O)N1CCc2cc(C(=O)Nc3ccccc3C(F)(F)F)ccc21. The molecule has 0 aromatic heterocycles. The van der Waals surface area contributed by atoms with Gasteiger partial charge in [0.15, 0.2) is 0 Å². The second-order valence-electron chi connectivity index (χ2n) is 5.76. The van der Waals surface area contributed by atoms with Gasteiger partial charge in [-0.2, -0.15) is 13.2 Å². The number of benzene rings is 2. The first-order chi connectivity index (χ1) is 11.8. The van der Waals surface area contributed by atoms with Crippen LogP contribution in [0.2, 0.25) is 0 Å². The monoisotopic (exact) mass is 348 g/mol. The zero-order valence-electron chi connectivity index (χ0n) is 13.4. The average Bonchev–Trinajstić information content (AvgIpc) is 2.97. The third kappa shape index (κ3) is 3.35. The highest BCUT2D eigenvalue weighted by Crippen LogP contribution is 2.35. The molecule has 25 heavy (non-hydrogen) atoms. The van der Waals surface area contributed by atoms with Gasteiger partial charge in [0.25, 0.3) is 5.91 Å². The van der Waals surface area contributed by atoms with Crippen LogP contribution < -0.4 is 10.2 Å². The lowest BCUT2D eigenvalue weighted by Gasteiger charge is -2.15. The van der Waals surface area contributed by atoms with E-state index in [2.05, 4.69) is 5.32 Å². The highest BCUT2D eigenvalue weighted by atomic mass is 19.4. The van der Waals surface area contributed by atoms with Crippen LogP contribution in [0.25, 0.3) is 0 Å². The van der Waals surface area contributed by atoms with Crippen LogP contribution in [0.4, 0.5) is 24.5 Å². The molecule has 7 heteroatoms. The molecular weight excluding hydrogens is 333 g/mol. The Kier molecular flexibility index (Phi) is 4.24. The topological polar surface area (TPSA) is 49.4 Å². The van der Waals surface area contributed by atoms with Crippen LogP contribution >= 0.6 is 0 Å². The Balaban J connectivity index is 1.86. The molecule has 1 N–H and O–H groups in total. The van der Waals surface area contributed by atoms with Gasteiger partial charge in [0.05, 0.1) is 11.3 Å². The molecule has 0 unspecified atom stereocenters. The lowest BCUT2D eigenvalue weighted by atomic mass is 10.1. The lowest BCUT2D eigenvalue weighted by molar-refractivity contribution is -0.136. The van der Waals surface area contributed by atoms with Gasteiger partial charge in [-0.1, -0.05) is 12.1 Å². The van der Waals surface area contributed by atoms with Crippen LogP contribution in [0.5, 0.6) is 0 Å². The zero-order valence-corrected chi connectivity index (χ0v) is 13.4. The van der Waals surface area contributed by atoms with Crippen molar-refractivity contribution >= 4 is 23.2 Å². The number of carbonyl (C=O) groups is 2. The van der Waals surface area contributed by atoms with E-state index in [1.54, 1.807) is 17.0 Å². The van der Waals surface area contributed by atoms with Crippen LogP contribution in [0, 0.1) is 0 Å². The van der Waals surface area contributed by atoms with Gasteiger partial charge in [-0.25, -0.2) is 0 Å². The first-order valence-corrected chi connectivity index (χ1v) is 7.66. The number of para-hydroxylation sites is 1. The van der Waals surface area contributed by atoms with E-state index < -0.39 is 17.6 Å². The number of halogens is 3. The zero-order chi connectivity index (χ0) is 18.2. The van der Waals surface area contributed by atoms with Crippen molar-refractivity contribution < 1.29 is 22.8 Å². The molecule has 0 saturated carbocycles. The van der Waals surface area contributed by atoms with Gasteiger partial charge in [0.2, 0.25) is 5.91 Å². The first-order valence-electron chi connectivity index (χ1n) is 7.66. The maximum Gasteiger partial charge on any atom is 0.418 e. The van der Waals surface area contributed by atoms with Crippen molar-refractivity contribution in [2.45, 2.75) is 19.5 Å². The third-order valence-corrected chi connectivity index (χ3v) is 4.10. The van der Waals surface area contributed by atoms with Crippen LogP contribution in [0.3, 0.4) is 0 Å². The molecule has 130 valence electrons. The molecule has 2 aromatic carbocycles. The van der Waals surface area contributed by atoms with Crippen molar-refractivity contribution in [1.82, 2.24) is 0 Å². The van der Waals surface area contributed by atoms with Crippen molar-refractivity contribution in [3.05, 3.63) is 59.2 Å². The summed E-state index contributed by atoms with van der Waals surface area (Å²) in [6.45, 7) is 2.00. The molecular formula is C18H15F3N2O2. The summed E-state index contributed by atoms with van der Waals surface area (Å²) in [4.78, 5) is 25.5. The minimum absolute atomic E-state index is 0.0879. The minimum Gasteiger partial charge on any atom is -0.321 e. The van der Waals surface area contributed by atoms with E-state index in [9.17, 15) is 22.8 Å². The fourth-order valence-electron chi connectivity index (χ4n) is 2.90. The van der Waals surface area contributed by atoms with E-state index in [0.29, 0.717) is 13.0 Å². The van der Waals surface area contributed by atoms with Crippen LogP contribution in [0.1, 0.15) is 28.4 Å². The Morgan fingerprint density at radius 3 is 2.52 bits per heavy atom. The van der Waals surface area contributed by atoms with Crippen LogP contribution in [0.15, 0.2) is 42.5 Å². The molecule has 0 fully saturated rings. The second-order valence-corrected chi connectivity index (χ2v) is 5.76. The summed E-state index contributed by atoms with van der Waals surface area (Å²) in [7, 11) is 0. The molecule has 0 aliphatic carbocycles. The number of amides is 2. The molecule has 3 rings (SSSR count). The average molecular weight is 348 g/mol. The summed E-state index contributed by atoms with van der Waals surface area (Å²) in [5, 5.41) is 2.32. The second kappa shape index (κ2) is 6.23. The standard InChI is InChI=1S/C18H15F3N2O2/c1-11(24)23-9-8-12-10-13(6-7-16(12)23)17(25)22-15-5-3-2-4-14(15)18(19,20)21/h2-7,10H,8-9H2,1H3,(H,22,25). The molecule has 2 amide bonds. The van der Waals surface area contributed by atoms with Gasteiger partial charge < -0.3 is 10.2 Å². The summed E-state index contributed by atoms with van der Waals surface area (Å²) >= 11 is 0. The third-order valence-electron chi connectivity index (χ3n) is 4.10. The van der Waals surface area contributed by atoms with E-state index in [-0.39, 0.29) is 17.2 Å². The molecule has 0 spiro atoms. The number of nitrogens with zero attached hydrogens (tertiary/aromatic N) is 1. The van der Waals surface area contributed by atoms with Gasteiger partial charge in [0.1, 0.15) is 0 Å². The summed E-state index contributed by atoms with van der Waals surface area (Å²) in [5.74, 6) is -0.712. The smallest absolute Gasteiger partial charge is 0.321 e. The molecule has 0 saturated heterocycles. The first kappa shape index (κ1) is 17.0. The molecule has 2 aromatic rings. The molecule has 1 aliphatic heterocycles. The number of anilines is 2. The maximum atomic E-state index is 13.0. The van der Waals surface area contributed by atoms with E-state index >= 15 is 0 Å². The fourth-order valence-corrected chi connectivity index (χ4v) is 2.90. The Bertz CT molecular complexity index is 846. The number of nitrogens with one attached hydrogen (secondary N) is 1. The maximum absolute atomic E-state index is 13.0. The Morgan fingerprint density at radius 1 is 1.12 bits per heavy atom. The largest absolute Gasteiger partial charge is 0.418 e. The van der Waals surface area contributed by atoms with Crippen molar-refractivity contribution in [2.75, 3.05) is 16.8 Å². The van der Waals surface area contributed by atoms with Gasteiger partial charge in [-0.3, -0.25) is 9.59 Å². The summed E-state index contributed by atoms with van der Waals surface area (Å²) in [5.41, 5.74) is 0.631. The van der Waals surface area contributed by atoms with Crippen molar-refractivity contribution in [1.29, 1.82) is 0 Å². The van der Waals surface area contributed by atoms with Crippen LogP contribution in [-0.2, 0) is 17.4 Å². The Labute approximate surface area is 142 Å². The summed E-state index contributed by atoms with van der Waals surface area (Å²) in [6, 6.07) is 9.60. The van der Waals surface area contributed by atoms with E-state index in [0.717, 1.165) is 17.3 Å². The Hall–Kier alpha value is -2.83. The highest BCUT2D eigenvalue weighted by molar-refractivity contribution is 6.05. The number of carbonyl (C=O) groups excluding carboxylic acids is 2. The summed E-state index contributed by atoms with van der Waals surface area (Å²) < 4.78 is 39.0. The van der Waals surface area contributed by atoms with Gasteiger partial charge in [-0.15, -0.1) is 0 Å². The fraction of sp³-hybridized carbons (Fsp3) is 0.222. The molecule has 0 bridgehead atoms. The molecule has 0 atom stereocenters. The highest BCUT2D eigenvalue weighted by Gasteiger charge is 2.33. The van der Waals surface area contributed by atoms with Crippen molar-refractivity contribution in [3.8, 4) is 0 Å². The van der Waals surface area contributed by atoms with Gasteiger partial charge in [0, 0.05) is 24.7 Å². The lowest BCUT2D eigenvalue weighted by Crippen LogP contribution is -2.25. The molecule has 1 aliphatic rings. The van der Waals surface area contributed by atoms with E-state index in [4.69, 9.17) is 0 Å². The van der Waals surface area contributed by atoms with Gasteiger partial charge >= 0.3 is 6.18 Å². The van der Waals surface area contributed by atoms with E-state index in [1.807, 2.05) is 0 Å². The van der Waals surface area contributed by atoms with Crippen molar-refractivity contribution in [2.24, 2.45) is 0 Å². The normalized spacial score (nSPS) is 13.5. The summed E-state index contributed by atoms with van der Waals surface area (Å²) in [6.07, 6.45) is -3.95. The number of rotatable bonds is 2. The quantitative estimate of drug-likeness (QED) is 0.896. The minimum atomic E-state index is -4.55. The molecule has 0 radical (unpaired) electrons. The number of hydrogen-bond donors (Lipinski definition) is 1. The number of alkyl halides is 3. The molecule has 4 nitrogen and oxygen atoms in total. The van der Waals surface area contributed by atoms with Crippen LogP contribution in [-0.4, -0.2) is 18.4 Å². The molecule has 1 heterocycles. The predicted octanol–water partition coefficient (Wildman–Crippen LogP) is 3.87. The predicted molar refractivity (Wildman–Crippen MR) is 87.6 cm³/mol. The van der Waals surface area contributed by atoms with E-state index in [1.165, 1.54) is 31.2 Å². The Morgan fingerprint density at radius 2 is 1.84 bits per heavy atom.